The molecule has 2 aromatic carbocycles. The zero-order valence-corrected chi connectivity index (χ0v) is 13.7. The number of aromatic carboxylic acids is 1. The Morgan fingerprint density at radius 1 is 1.15 bits per heavy atom. The van der Waals surface area contributed by atoms with Crippen molar-refractivity contribution in [3.8, 4) is 0 Å². The number of aromatic nitrogens is 3. The van der Waals surface area contributed by atoms with Gasteiger partial charge in [-0.2, -0.15) is 18.2 Å². The predicted octanol–water partition coefficient (Wildman–Crippen LogP) is 4.18. The summed E-state index contributed by atoms with van der Waals surface area (Å²) in [6, 6.07) is 7.48. The molecule has 0 unspecified atom stereocenters. The van der Waals surface area contributed by atoms with Crippen molar-refractivity contribution in [2.75, 3.05) is 5.32 Å². The lowest BCUT2D eigenvalue weighted by Gasteiger charge is -2.04. The van der Waals surface area contributed by atoms with Crippen LogP contribution in [0.25, 0.3) is 22.1 Å². The van der Waals surface area contributed by atoms with Gasteiger partial charge in [0.1, 0.15) is 5.52 Å². The average Bonchev–Trinajstić information content (AvgIpc) is 3.14. The highest BCUT2D eigenvalue weighted by Gasteiger charge is 2.31. The fourth-order valence-corrected chi connectivity index (χ4v) is 2.69. The number of fused-ring (bicyclic) bond motifs is 2. The Kier molecular flexibility index (Phi) is 3.58. The maximum absolute atomic E-state index is 12.8. The van der Waals surface area contributed by atoms with Crippen molar-refractivity contribution in [3.05, 3.63) is 47.5 Å². The second-order valence-electron chi connectivity index (χ2n) is 5.83. The van der Waals surface area contributed by atoms with Crippen molar-refractivity contribution in [3.63, 3.8) is 0 Å². The molecule has 27 heavy (non-hydrogen) atoms. The summed E-state index contributed by atoms with van der Waals surface area (Å²) in [7, 11) is 1.70. The van der Waals surface area contributed by atoms with Gasteiger partial charge >= 0.3 is 18.2 Å². The summed E-state index contributed by atoms with van der Waals surface area (Å²) < 4.78 is 45.4. The lowest BCUT2D eigenvalue weighted by atomic mass is 10.2. The molecule has 0 atom stereocenters. The van der Waals surface area contributed by atoms with Gasteiger partial charge in [0.05, 0.1) is 22.2 Å². The summed E-state index contributed by atoms with van der Waals surface area (Å²) in [4.78, 5) is 19.5. The number of anilines is 2. The molecule has 2 heterocycles. The number of hydrogen-bond acceptors (Lipinski definition) is 5. The highest BCUT2D eigenvalue weighted by atomic mass is 19.4. The molecule has 0 fully saturated rings. The number of hydrogen-bond donors (Lipinski definition) is 2. The normalized spacial score (nSPS) is 12.0. The van der Waals surface area contributed by atoms with E-state index in [1.807, 2.05) is 0 Å². The summed E-state index contributed by atoms with van der Waals surface area (Å²) >= 11 is 0. The number of carboxylic acid groups (broad SMARTS) is 1. The maximum atomic E-state index is 12.8. The van der Waals surface area contributed by atoms with Crippen LogP contribution in [-0.2, 0) is 13.2 Å². The SMILES string of the molecule is Cn1c(Nc2nc3ccc(C(F)(F)F)cc3o2)nc2cc(C(=O)O)ccc21. The Morgan fingerprint density at radius 2 is 1.93 bits per heavy atom. The Hall–Kier alpha value is -3.56. The maximum Gasteiger partial charge on any atom is 0.416 e. The minimum absolute atomic E-state index is 0.0146. The van der Waals surface area contributed by atoms with Crippen molar-refractivity contribution in [1.29, 1.82) is 0 Å². The zero-order chi connectivity index (χ0) is 19.3. The largest absolute Gasteiger partial charge is 0.478 e. The highest BCUT2D eigenvalue weighted by molar-refractivity contribution is 5.93. The van der Waals surface area contributed by atoms with Crippen LogP contribution in [0.4, 0.5) is 25.1 Å². The number of imidazole rings is 1. The smallest absolute Gasteiger partial charge is 0.416 e. The van der Waals surface area contributed by atoms with Crippen molar-refractivity contribution in [2.45, 2.75) is 6.18 Å². The van der Waals surface area contributed by atoms with Crippen LogP contribution in [0.1, 0.15) is 15.9 Å². The summed E-state index contributed by atoms with van der Waals surface area (Å²) in [5.74, 6) is -0.772. The van der Waals surface area contributed by atoms with Crippen molar-refractivity contribution >= 4 is 40.1 Å². The molecule has 138 valence electrons. The number of halogens is 3. The van der Waals surface area contributed by atoms with Crippen LogP contribution in [0.3, 0.4) is 0 Å². The standard InChI is InChI=1S/C17H11F3N4O3/c1-24-12-5-2-8(14(25)26)6-11(12)21-15(24)23-16-22-10-4-3-9(17(18,19)20)7-13(10)27-16/h2-7H,1H3,(H,25,26)(H,21,22,23). The van der Waals surface area contributed by atoms with E-state index < -0.39 is 17.7 Å². The fraction of sp³-hybridized carbons (Fsp3) is 0.118. The fourth-order valence-electron chi connectivity index (χ4n) is 2.69. The second-order valence-corrected chi connectivity index (χ2v) is 5.83. The predicted molar refractivity (Wildman–Crippen MR) is 90.0 cm³/mol. The molecule has 0 saturated heterocycles. The number of alkyl halides is 3. The van der Waals surface area contributed by atoms with Gasteiger partial charge in [-0.3, -0.25) is 5.32 Å². The van der Waals surface area contributed by atoms with Crippen molar-refractivity contribution < 1.29 is 27.5 Å². The molecule has 0 bridgehead atoms. The Morgan fingerprint density at radius 3 is 2.63 bits per heavy atom. The van der Waals surface area contributed by atoms with Gasteiger partial charge in [-0.25, -0.2) is 9.78 Å². The molecule has 0 aliphatic heterocycles. The van der Waals surface area contributed by atoms with Crippen LogP contribution in [0.5, 0.6) is 0 Å². The third-order valence-electron chi connectivity index (χ3n) is 4.06. The monoisotopic (exact) mass is 376 g/mol. The van der Waals surface area contributed by atoms with Crippen molar-refractivity contribution in [1.82, 2.24) is 14.5 Å². The molecule has 7 nitrogen and oxygen atoms in total. The molecule has 4 rings (SSSR count). The highest BCUT2D eigenvalue weighted by Crippen LogP contribution is 2.32. The molecule has 0 saturated carbocycles. The van der Waals surface area contributed by atoms with Gasteiger partial charge in [-0.1, -0.05) is 0 Å². The van der Waals surface area contributed by atoms with Gasteiger partial charge in [-0.15, -0.1) is 0 Å². The first kappa shape index (κ1) is 16.9. The third kappa shape index (κ3) is 2.94. The van der Waals surface area contributed by atoms with Gasteiger partial charge in [0, 0.05) is 7.05 Å². The van der Waals surface area contributed by atoms with Gasteiger partial charge in [0.2, 0.25) is 5.95 Å². The molecule has 2 N–H and O–H groups in total. The first-order chi connectivity index (χ1) is 12.7. The molecular weight excluding hydrogens is 365 g/mol. The third-order valence-corrected chi connectivity index (χ3v) is 4.06. The van der Waals surface area contributed by atoms with E-state index in [9.17, 15) is 18.0 Å². The zero-order valence-electron chi connectivity index (χ0n) is 13.7. The molecule has 0 aliphatic rings. The minimum atomic E-state index is -4.48. The molecule has 2 aromatic heterocycles. The summed E-state index contributed by atoms with van der Waals surface area (Å²) in [6.45, 7) is 0. The molecule has 0 spiro atoms. The first-order valence-corrected chi connectivity index (χ1v) is 7.67. The van der Waals surface area contributed by atoms with E-state index in [0.717, 1.165) is 12.1 Å². The van der Waals surface area contributed by atoms with Crippen LogP contribution in [0.2, 0.25) is 0 Å². The van der Waals surface area contributed by atoms with Crippen LogP contribution in [0.15, 0.2) is 40.8 Å². The van der Waals surface area contributed by atoms with Crippen LogP contribution >= 0.6 is 0 Å². The molecule has 10 heteroatoms. The molecular formula is C17H11F3N4O3. The number of aryl methyl sites for hydroxylation is 1. The number of oxazole rings is 1. The molecule has 0 amide bonds. The lowest BCUT2D eigenvalue weighted by molar-refractivity contribution is -0.137. The quantitative estimate of drug-likeness (QED) is 0.557. The molecule has 0 radical (unpaired) electrons. The summed E-state index contributed by atoms with van der Waals surface area (Å²) in [5.41, 5.74) is 0.611. The average molecular weight is 376 g/mol. The topological polar surface area (TPSA) is 93.2 Å². The number of nitrogens with one attached hydrogen (secondary N) is 1. The Bertz CT molecular complexity index is 1190. The van der Waals surface area contributed by atoms with Crippen molar-refractivity contribution in [2.24, 2.45) is 7.05 Å². The number of rotatable bonds is 3. The summed E-state index contributed by atoms with van der Waals surface area (Å²) in [6.07, 6.45) is -4.48. The Balaban J connectivity index is 1.71. The number of benzene rings is 2. The van der Waals surface area contributed by atoms with E-state index >= 15 is 0 Å². The first-order valence-electron chi connectivity index (χ1n) is 7.67. The van der Waals surface area contributed by atoms with E-state index in [1.165, 1.54) is 18.2 Å². The summed E-state index contributed by atoms with van der Waals surface area (Å²) in [5, 5.41) is 11.9. The van der Waals surface area contributed by atoms with Crippen LogP contribution < -0.4 is 5.32 Å². The lowest BCUT2D eigenvalue weighted by Crippen LogP contribution is -2.03. The number of carbonyl (C=O) groups is 1. The van der Waals surface area contributed by atoms with Crippen LogP contribution in [-0.4, -0.2) is 25.6 Å². The van der Waals surface area contributed by atoms with E-state index in [2.05, 4.69) is 15.3 Å². The van der Waals surface area contributed by atoms with E-state index in [-0.39, 0.29) is 22.7 Å². The van der Waals surface area contributed by atoms with E-state index in [0.29, 0.717) is 17.0 Å². The van der Waals surface area contributed by atoms with Gasteiger partial charge in [-0.05, 0) is 36.4 Å². The van der Waals surface area contributed by atoms with E-state index in [4.69, 9.17) is 9.52 Å². The Labute approximate surface area is 149 Å². The number of nitrogens with zero attached hydrogens (tertiary/aromatic N) is 3. The minimum Gasteiger partial charge on any atom is -0.478 e. The van der Waals surface area contributed by atoms with Crippen LogP contribution in [0, 0.1) is 0 Å². The van der Waals surface area contributed by atoms with E-state index in [1.54, 1.807) is 17.7 Å². The molecule has 0 aliphatic carbocycles. The number of carboxylic acids is 1. The second kappa shape index (κ2) is 5.73. The van der Waals surface area contributed by atoms with Gasteiger partial charge in [0.15, 0.2) is 5.58 Å². The van der Waals surface area contributed by atoms with Gasteiger partial charge < -0.3 is 14.1 Å². The van der Waals surface area contributed by atoms with Gasteiger partial charge in [0.25, 0.3) is 0 Å². The molecule has 4 aromatic rings.